The highest BCUT2D eigenvalue weighted by molar-refractivity contribution is 4.87. The first kappa shape index (κ1) is 11.3. The molecule has 2 aliphatic rings. The molecule has 0 aliphatic carbocycles. The average molecular weight is 215 g/mol. The number of rotatable bonds is 3. The van der Waals surface area contributed by atoms with Crippen molar-refractivity contribution in [3.63, 3.8) is 0 Å². The number of nitrogens with one attached hydrogen (secondary N) is 1. The maximum Gasteiger partial charge on any atom is 0.169 e. The summed E-state index contributed by atoms with van der Waals surface area (Å²) in [4.78, 5) is 0. The molecule has 2 aliphatic heterocycles. The van der Waals surface area contributed by atoms with Crippen molar-refractivity contribution in [1.82, 2.24) is 5.32 Å². The van der Waals surface area contributed by atoms with Gasteiger partial charge in [-0.25, -0.2) is 0 Å². The highest BCUT2D eigenvalue weighted by Gasteiger charge is 2.39. The predicted octanol–water partition coefficient (Wildman–Crippen LogP) is 0.642. The van der Waals surface area contributed by atoms with E-state index in [0.29, 0.717) is 13.2 Å². The van der Waals surface area contributed by atoms with Crippen LogP contribution in [0, 0.1) is 0 Å². The van der Waals surface area contributed by atoms with Crippen molar-refractivity contribution in [2.75, 3.05) is 19.8 Å². The Labute approximate surface area is 90.9 Å². The van der Waals surface area contributed by atoms with Crippen LogP contribution in [0.3, 0.4) is 0 Å². The first-order valence-electron chi connectivity index (χ1n) is 5.95. The molecule has 2 saturated heterocycles. The lowest BCUT2D eigenvalue weighted by molar-refractivity contribution is -0.173. The van der Waals surface area contributed by atoms with Crippen LogP contribution in [0.5, 0.6) is 0 Å². The molecule has 0 aromatic heterocycles. The van der Waals surface area contributed by atoms with Gasteiger partial charge in [-0.05, 0) is 25.8 Å². The topological polar surface area (TPSA) is 50.7 Å². The summed E-state index contributed by atoms with van der Waals surface area (Å²) in [6, 6.07) is 0.122. The highest BCUT2D eigenvalue weighted by atomic mass is 16.7. The number of hydrogen-bond donors (Lipinski definition) is 2. The van der Waals surface area contributed by atoms with Crippen molar-refractivity contribution in [3.8, 4) is 0 Å². The largest absolute Gasteiger partial charge is 0.392 e. The molecular weight excluding hydrogens is 194 g/mol. The van der Waals surface area contributed by atoms with E-state index >= 15 is 0 Å². The van der Waals surface area contributed by atoms with Gasteiger partial charge in [0.15, 0.2) is 5.79 Å². The molecule has 0 aromatic carbocycles. The molecule has 0 bridgehead atoms. The molecule has 2 atom stereocenters. The summed E-state index contributed by atoms with van der Waals surface area (Å²) in [7, 11) is 0. The van der Waals surface area contributed by atoms with Gasteiger partial charge in [0.25, 0.3) is 0 Å². The van der Waals surface area contributed by atoms with Crippen molar-refractivity contribution in [2.24, 2.45) is 0 Å². The van der Waals surface area contributed by atoms with Gasteiger partial charge in [0.05, 0.1) is 19.3 Å². The number of aliphatic hydroxyl groups is 1. The SMILES string of the molecule is CCC1(CC2NCCCC2O)OCCO1. The number of ether oxygens (including phenoxy) is 2. The van der Waals surface area contributed by atoms with Crippen LogP contribution in [0.15, 0.2) is 0 Å². The molecule has 0 amide bonds. The number of hydrogen-bond acceptors (Lipinski definition) is 4. The van der Waals surface area contributed by atoms with E-state index in [1.54, 1.807) is 0 Å². The van der Waals surface area contributed by atoms with Crippen molar-refractivity contribution in [3.05, 3.63) is 0 Å². The Morgan fingerprint density at radius 3 is 2.73 bits per heavy atom. The van der Waals surface area contributed by atoms with Gasteiger partial charge in [0.2, 0.25) is 0 Å². The van der Waals surface area contributed by atoms with Crippen LogP contribution in [-0.2, 0) is 9.47 Å². The summed E-state index contributed by atoms with van der Waals surface area (Å²) in [5, 5.41) is 13.2. The first-order chi connectivity index (χ1) is 7.26. The minimum absolute atomic E-state index is 0.122. The normalized spacial score (nSPS) is 35.6. The summed E-state index contributed by atoms with van der Waals surface area (Å²) in [6.07, 6.45) is 3.29. The summed E-state index contributed by atoms with van der Waals surface area (Å²) in [5.74, 6) is -0.448. The van der Waals surface area contributed by atoms with Crippen molar-refractivity contribution in [2.45, 2.75) is 50.5 Å². The standard InChI is InChI=1S/C11H21NO3/c1-2-11(14-6-7-15-11)8-9-10(13)4-3-5-12-9/h9-10,12-13H,2-8H2,1H3. The minimum atomic E-state index is -0.448. The molecule has 0 spiro atoms. The molecule has 88 valence electrons. The molecule has 2 heterocycles. The Morgan fingerprint density at radius 1 is 1.40 bits per heavy atom. The summed E-state index contributed by atoms with van der Waals surface area (Å²) >= 11 is 0. The lowest BCUT2D eigenvalue weighted by Gasteiger charge is -2.35. The van der Waals surface area contributed by atoms with Gasteiger partial charge < -0.3 is 19.9 Å². The molecule has 0 saturated carbocycles. The van der Waals surface area contributed by atoms with E-state index in [1.165, 1.54) is 0 Å². The zero-order chi connectivity index (χ0) is 10.7. The smallest absolute Gasteiger partial charge is 0.169 e. The number of piperidine rings is 1. The third-order valence-corrected chi connectivity index (χ3v) is 3.43. The van der Waals surface area contributed by atoms with Gasteiger partial charge >= 0.3 is 0 Å². The van der Waals surface area contributed by atoms with Gasteiger partial charge in [-0.3, -0.25) is 0 Å². The molecule has 2 unspecified atom stereocenters. The fourth-order valence-electron chi connectivity index (χ4n) is 2.44. The third kappa shape index (κ3) is 2.50. The van der Waals surface area contributed by atoms with E-state index in [0.717, 1.165) is 32.2 Å². The summed E-state index contributed by atoms with van der Waals surface area (Å²) in [5.41, 5.74) is 0. The highest BCUT2D eigenvalue weighted by Crippen LogP contribution is 2.30. The zero-order valence-electron chi connectivity index (χ0n) is 9.37. The first-order valence-corrected chi connectivity index (χ1v) is 5.95. The van der Waals surface area contributed by atoms with Crippen molar-refractivity contribution in [1.29, 1.82) is 0 Å². The van der Waals surface area contributed by atoms with E-state index in [4.69, 9.17) is 9.47 Å². The van der Waals surface area contributed by atoms with Gasteiger partial charge in [-0.1, -0.05) is 6.92 Å². The molecule has 15 heavy (non-hydrogen) atoms. The molecule has 2 rings (SSSR count). The monoisotopic (exact) mass is 215 g/mol. The summed E-state index contributed by atoms with van der Waals surface area (Å²) in [6.45, 7) is 4.41. The van der Waals surface area contributed by atoms with Crippen molar-refractivity contribution < 1.29 is 14.6 Å². The Morgan fingerprint density at radius 2 is 2.13 bits per heavy atom. The third-order valence-electron chi connectivity index (χ3n) is 3.43. The maximum atomic E-state index is 9.87. The average Bonchev–Trinajstić information content (AvgIpc) is 2.71. The fourth-order valence-corrected chi connectivity index (χ4v) is 2.44. The van der Waals surface area contributed by atoms with E-state index in [1.807, 2.05) is 0 Å². The van der Waals surface area contributed by atoms with Crippen LogP contribution in [-0.4, -0.2) is 42.8 Å². The van der Waals surface area contributed by atoms with Crippen LogP contribution in [0.1, 0.15) is 32.6 Å². The lowest BCUT2D eigenvalue weighted by atomic mass is 9.93. The molecule has 4 heteroatoms. The van der Waals surface area contributed by atoms with E-state index in [-0.39, 0.29) is 12.1 Å². The van der Waals surface area contributed by atoms with Crippen LogP contribution in [0.2, 0.25) is 0 Å². The quantitative estimate of drug-likeness (QED) is 0.725. The van der Waals surface area contributed by atoms with Crippen LogP contribution in [0.4, 0.5) is 0 Å². The van der Waals surface area contributed by atoms with E-state index < -0.39 is 5.79 Å². The molecular formula is C11H21NO3. The van der Waals surface area contributed by atoms with Gasteiger partial charge in [0.1, 0.15) is 0 Å². The van der Waals surface area contributed by atoms with E-state index in [2.05, 4.69) is 12.2 Å². The zero-order valence-corrected chi connectivity index (χ0v) is 9.37. The van der Waals surface area contributed by atoms with Crippen LogP contribution in [0.25, 0.3) is 0 Å². The number of aliphatic hydroxyl groups excluding tert-OH is 1. The molecule has 4 nitrogen and oxygen atoms in total. The van der Waals surface area contributed by atoms with E-state index in [9.17, 15) is 5.11 Å². The molecule has 2 fully saturated rings. The van der Waals surface area contributed by atoms with Crippen molar-refractivity contribution >= 4 is 0 Å². The molecule has 0 radical (unpaired) electrons. The second-order valence-corrected chi connectivity index (χ2v) is 4.44. The lowest BCUT2D eigenvalue weighted by Crippen LogP contribution is -2.49. The fraction of sp³-hybridized carbons (Fsp3) is 1.00. The molecule has 2 N–H and O–H groups in total. The molecule has 0 aromatic rings. The Hall–Kier alpha value is -0.160. The van der Waals surface area contributed by atoms with Crippen LogP contribution >= 0.6 is 0 Å². The van der Waals surface area contributed by atoms with Gasteiger partial charge in [0, 0.05) is 12.5 Å². The maximum absolute atomic E-state index is 9.87. The van der Waals surface area contributed by atoms with Crippen LogP contribution < -0.4 is 5.32 Å². The second-order valence-electron chi connectivity index (χ2n) is 4.44. The Bertz CT molecular complexity index is 204. The second kappa shape index (κ2) is 4.78. The van der Waals surface area contributed by atoms with Gasteiger partial charge in [-0.2, -0.15) is 0 Å². The Balaban J connectivity index is 1.93. The Kier molecular flexibility index (Phi) is 3.61. The van der Waals surface area contributed by atoms with Gasteiger partial charge in [-0.15, -0.1) is 0 Å². The predicted molar refractivity (Wildman–Crippen MR) is 56.6 cm³/mol. The minimum Gasteiger partial charge on any atom is -0.392 e. The summed E-state index contributed by atoms with van der Waals surface area (Å²) < 4.78 is 11.3.